The highest BCUT2D eigenvalue weighted by molar-refractivity contribution is 7.92. The Labute approximate surface area is 286 Å². The summed E-state index contributed by atoms with van der Waals surface area (Å²) in [4.78, 5) is 30.4. The smallest absolute Gasteiger partial charge is 0.321 e. The predicted octanol–water partition coefficient (Wildman–Crippen LogP) is 5.19. The number of carbonyl (C=O) groups is 2. The molecule has 0 saturated heterocycles. The lowest BCUT2D eigenvalue weighted by Crippen LogP contribution is -2.48. The maximum atomic E-state index is 14.3. The fourth-order valence-corrected chi connectivity index (χ4v) is 6.54. The number of rotatable bonds is 8. The molecule has 268 valence electrons. The van der Waals surface area contributed by atoms with Gasteiger partial charge in [-0.2, -0.15) is 0 Å². The molecule has 0 bridgehead atoms. The van der Waals surface area contributed by atoms with Gasteiger partial charge in [0, 0.05) is 38.3 Å². The van der Waals surface area contributed by atoms with Crippen molar-refractivity contribution >= 4 is 33.3 Å². The number of likely N-dealkylation sites (N-methyl/N-ethyl adjacent to an activating group) is 1. The van der Waals surface area contributed by atoms with E-state index in [0.29, 0.717) is 30.2 Å². The highest BCUT2D eigenvalue weighted by Gasteiger charge is 2.31. The van der Waals surface area contributed by atoms with Crippen molar-refractivity contribution < 1.29 is 41.5 Å². The summed E-state index contributed by atoms with van der Waals surface area (Å²) in [6.45, 7) is 9.38. The summed E-state index contributed by atoms with van der Waals surface area (Å²) in [6.07, 6.45) is 1.41. The molecule has 0 fully saturated rings. The van der Waals surface area contributed by atoms with E-state index in [1.54, 1.807) is 33.9 Å². The zero-order chi connectivity index (χ0) is 35.9. The van der Waals surface area contributed by atoms with E-state index in [-0.39, 0.29) is 59.6 Å². The Hall–Kier alpha value is -4.21. The third-order valence-electron chi connectivity index (χ3n) is 8.49. The van der Waals surface area contributed by atoms with Crippen LogP contribution in [0.4, 0.5) is 20.6 Å². The van der Waals surface area contributed by atoms with Gasteiger partial charge in [0.25, 0.3) is 15.9 Å². The van der Waals surface area contributed by atoms with Gasteiger partial charge in [-0.3, -0.25) is 9.52 Å². The topological polar surface area (TPSA) is 164 Å². The number of aliphatic hydroxyl groups excluding tert-OH is 1. The molecule has 2 heterocycles. The van der Waals surface area contributed by atoms with Crippen LogP contribution >= 0.6 is 0 Å². The van der Waals surface area contributed by atoms with Gasteiger partial charge in [0.15, 0.2) is 5.76 Å². The number of nitrogens with one attached hydrogen (secondary N) is 2. The first kappa shape index (κ1) is 37.6. The summed E-state index contributed by atoms with van der Waals surface area (Å²) in [6, 6.07) is 7.83. The second-order valence-electron chi connectivity index (χ2n) is 12.6. The number of benzene rings is 2. The van der Waals surface area contributed by atoms with Gasteiger partial charge in [-0.15, -0.1) is 0 Å². The summed E-state index contributed by atoms with van der Waals surface area (Å²) in [5.74, 6) is -0.615. The molecule has 0 spiro atoms. The number of amides is 3. The SMILES string of the molecule is Cc1noc(C)c1NC(=O)N(C)C[C@@H]1OCCCC[C@H](C)Oc2ccc(NS(=O)(=O)c3ccc(F)cc3)cc2C(=O)N([C@@H](C)CO)C[C@@H]1C. The molecule has 2 aromatic carbocycles. The molecule has 0 unspecified atom stereocenters. The van der Waals surface area contributed by atoms with Gasteiger partial charge in [-0.1, -0.05) is 12.1 Å². The second-order valence-corrected chi connectivity index (χ2v) is 14.3. The first-order chi connectivity index (χ1) is 23.2. The Morgan fingerprint density at radius 1 is 1.16 bits per heavy atom. The van der Waals surface area contributed by atoms with Crippen LogP contribution in [0, 0.1) is 25.6 Å². The number of aryl methyl sites for hydroxylation is 2. The van der Waals surface area contributed by atoms with E-state index in [4.69, 9.17) is 14.0 Å². The fraction of sp³-hybridized carbons (Fsp3) is 0.500. The number of hydrogen-bond donors (Lipinski definition) is 3. The Morgan fingerprint density at radius 2 is 1.88 bits per heavy atom. The van der Waals surface area contributed by atoms with Crippen molar-refractivity contribution in [3.05, 3.63) is 65.3 Å². The summed E-state index contributed by atoms with van der Waals surface area (Å²) >= 11 is 0. The monoisotopic (exact) mass is 703 g/mol. The van der Waals surface area contributed by atoms with Crippen LogP contribution in [-0.4, -0.2) is 92.0 Å². The predicted molar refractivity (Wildman–Crippen MR) is 182 cm³/mol. The molecule has 3 amide bonds. The number of hydrogen-bond acceptors (Lipinski definition) is 9. The van der Waals surface area contributed by atoms with Gasteiger partial charge in [0.2, 0.25) is 0 Å². The van der Waals surface area contributed by atoms with Crippen molar-refractivity contribution in [2.75, 3.05) is 43.4 Å². The third kappa shape index (κ3) is 9.70. The molecule has 3 N–H and O–H groups in total. The van der Waals surface area contributed by atoms with E-state index in [1.165, 1.54) is 21.9 Å². The lowest BCUT2D eigenvalue weighted by Gasteiger charge is -2.35. The Kier molecular flexibility index (Phi) is 12.6. The van der Waals surface area contributed by atoms with E-state index in [9.17, 15) is 27.5 Å². The van der Waals surface area contributed by atoms with E-state index in [1.807, 2.05) is 13.8 Å². The zero-order valence-electron chi connectivity index (χ0n) is 28.7. The number of fused-ring (bicyclic) bond motifs is 1. The minimum Gasteiger partial charge on any atom is -0.490 e. The molecule has 15 heteroatoms. The molecule has 1 aromatic heterocycles. The molecule has 49 heavy (non-hydrogen) atoms. The van der Waals surface area contributed by atoms with Crippen molar-refractivity contribution in [1.82, 2.24) is 15.0 Å². The zero-order valence-corrected chi connectivity index (χ0v) is 29.5. The van der Waals surface area contributed by atoms with Crippen LogP contribution in [0.25, 0.3) is 0 Å². The van der Waals surface area contributed by atoms with Crippen LogP contribution in [0.1, 0.15) is 61.8 Å². The minimum atomic E-state index is -4.11. The molecule has 13 nitrogen and oxygen atoms in total. The lowest BCUT2D eigenvalue weighted by atomic mass is 10.0. The highest BCUT2D eigenvalue weighted by Crippen LogP contribution is 2.30. The average molecular weight is 704 g/mol. The molecule has 1 aliphatic heterocycles. The van der Waals surface area contributed by atoms with Crippen LogP contribution in [0.15, 0.2) is 51.9 Å². The highest BCUT2D eigenvalue weighted by atomic mass is 32.2. The maximum absolute atomic E-state index is 14.3. The van der Waals surface area contributed by atoms with Gasteiger partial charge in [0.1, 0.15) is 22.9 Å². The molecular formula is C34H46FN5O8S. The van der Waals surface area contributed by atoms with E-state index in [2.05, 4.69) is 15.2 Å². The number of halogens is 1. The van der Waals surface area contributed by atoms with Crippen LogP contribution in [0.5, 0.6) is 5.75 Å². The second kappa shape index (κ2) is 16.5. The third-order valence-corrected chi connectivity index (χ3v) is 9.89. The Morgan fingerprint density at radius 3 is 2.53 bits per heavy atom. The molecule has 4 atom stereocenters. The Balaban J connectivity index is 1.63. The molecule has 0 saturated carbocycles. The average Bonchev–Trinajstić information content (AvgIpc) is 3.38. The Bertz CT molecular complexity index is 1680. The molecular weight excluding hydrogens is 657 g/mol. The summed E-state index contributed by atoms with van der Waals surface area (Å²) in [5, 5.41) is 16.9. The van der Waals surface area contributed by atoms with Crippen molar-refractivity contribution in [1.29, 1.82) is 0 Å². The first-order valence-electron chi connectivity index (χ1n) is 16.3. The fourth-order valence-electron chi connectivity index (χ4n) is 5.49. The molecule has 0 radical (unpaired) electrons. The van der Waals surface area contributed by atoms with Crippen molar-refractivity contribution in [2.24, 2.45) is 5.92 Å². The van der Waals surface area contributed by atoms with E-state index in [0.717, 1.165) is 37.1 Å². The number of sulfonamides is 1. The van der Waals surface area contributed by atoms with Gasteiger partial charge < -0.3 is 34.2 Å². The van der Waals surface area contributed by atoms with Crippen LogP contribution < -0.4 is 14.8 Å². The van der Waals surface area contributed by atoms with Gasteiger partial charge in [-0.25, -0.2) is 17.6 Å². The summed E-state index contributed by atoms with van der Waals surface area (Å²) in [7, 11) is -2.46. The number of ether oxygens (including phenoxy) is 2. The van der Waals surface area contributed by atoms with E-state index < -0.39 is 33.9 Å². The van der Waals surface area contributed by atoms with Gasteiger partial charge in [0.05, 0.1) is 35.3 Å². The number of carbonyl (C=O) groups excluding carboxylic acids is 2. The summed E-state index contributed by atoms with van der Waals surface area (Å²) < 4.78 is 59.8. The number of nitrogens with zero attached hydrogens (tertiary/aromatic N) is 3. The van der Waals surface area contributed by atoms with Crippen LogP contribution in [-0.2, 0) is 14.8 Å². The number of aliphatic hydroxyl groups is 1. The molecule has 4 rings (SSSR count). The van der Waals surface area contributed by atoms with Crippen molar-refractivity contribution in [3.8, 4) is 5.75 Å². The number of urea groups is 1. The van der Waals surface area contributed by atoms with Crippen LogP contribution in [0.3, 0.4) is 0 Å². The standard InChI is InChI=1S/C34H46FN5O8S/c1-21-18-40(22(2)20-41)33(42)29-17-27(38-49(44,45)28-13-10-26(35)11-14-28)12-15-30(29)47-23(3)9-7-8-16-46-31(21)19-39(6)34(43)36-32-24(4)37-48-25(32)5/h10-15,17,21-23,31,38,41H,7-9,16,18-20H2,1-6H3,(H,36,43)/t21-,22-,23-,31-/m0/s1. The maximum Gasteiger partial charge on any atom is 0.321 e. The van der Waals surface area contributed by atoms with E-state index >= 15 is 0 Å². The van der Waals surface area contributed by atoms with Crippen LogP contribution in [0.2, 0.25) is 0 Å². The quantitative estimate of drug-likeness (QED) is 0.287. The normalized spacial score (nSPS) is 20.0. The first-order valence-corrected chi connectivity index (χ1v) is 17.8. The molecule has 0 aliphatic carbocycles. The van der Waals surface area contributed by atoms with Crippen molar-refractivity contribution in [3.63, 3.8) is 0 Å². The largest absolute Gasteiger partial charge is 0.490 e. The number of aromatic nitrogens is 1. The van der Waals surface area contributed by atoms with Crippen molar-refractivity contribution in [2.45, 2.75) is 77.0 Å². The van der Waals surface area contributed by atoms with Gasteiger partial charge in [-0.05, 0) is 89.4 Å². The number of anilines is 2. The molecule has 1 aliphatic rings. The summed E-state index contributed by atoms with van der Waals surface area (Å²) in [5.41, 5.74) is 1.26. The van der Waals surface area contributed by atoms with Gasteiger partial charge >= 0.3 is 6.03 Å². The lowest BCUT2D eigenvalue weighted by molar-refractivity contribution is -0.0115. The minimum absolute atomic E-state index is 0.101. The molecule has 3 aromatic rings.